The lowest BCUT2D eigenvalue weighted by atomic mass is 10.0. The summed E-state index contributed by atoms with van der Waals surface area (Å²) in [6, 6.07) is 7.28. The van der Waals surface area contributed by atoms with Gasteiger partial charge in [0.25, 0.3) is 11.6 Å². The first-order valence-corrected chi connectivity index (χ1v) is 8.66. The molecule has 0 radical (unpaired) electrons. The Balaban J connectivity index is 1.84. The van der Waals surface area contributed by atoms with E-state index >= 15 is 0 Å². The van der Waals surface area contributed by atoms with Crippen LogP contribution in [0.2, 0.25) is 0 Å². The summed E-state index contributed by atoms with van der Waals surface area (Å²) < 4.78 is 0. The lowest BCUT2D eigenvalue weighted by Gasteiger charge is -2.26. The van der Waals surface area contributed by atoms with Crippen molar-refractivity contribution in [3.63, 3.8) is 0 Å². The highest BCUT2D eigenvalue weighted by atomic mass is 16.2. The lowest BCUT2D eigenvalue weighted by molar-refractivity contribution is -0.115. The van der Waals surface area contributed by atoms with Gasteiger partial charge in [0.1, 0.15) is 6.67 Å². The van der Waals surface area contributed by atoms with E-state index in [1.54, 1.807) is 26.0 Å². The average Bonchev–Trinajstić information content (AvgIpc) is 3.04. The Kier molecular flexibility index (Phi) is 3.56. The van der Waals surface area contributed by atoms with Crippen LogP contribution in [-0.2, 0) is 9.59 Å². The van der Waals surface area contributed by atoms with Crippen LogP contribution in [0.3, 0.4) is 0 Å². The maximum atomic E-state index is 12.7. The zero-order valence-electron chi connectivity index (χ0n) is 15.5. The molecule has 2 aromatic rings. The molecule has 0 aliphatic carbocycles. The maximum absolute atomic E-state index is 12.7. The predicted octanol–water partition coefficient (Wildman–Crippen LogP) is 2.64. The third-order valence-electron chi connectivity index (χ3n) is 5.33. The Morgan fingerprint density at radius 2 is 0.926 bits per heavy atom. The molecule has 2 aliphatic rings. The molecular weight excluding hydrogens is 344 g/mol. The van der Waals surface area contributed by atoms with Gasteiger partial charge in [-0.15, -0.1) is 0 Å². The molecule has 0 atom stereocenters. The van der Waals surface area contributed by atoms with Crippen molar-refractivity contribution < 1.29 is 19.2 Å². The number of Topliss-reactive ketones (excluding diaryl/α,β-unsaturated/α-hetero) is 2. The summed E-state index contributed by atoms with van der Waals surface area (Å²) in [6.07, 6.45) is 0. The standard InChI is InChI=1S/C21H18N2O4/c1-10-5-7-12(3)16-14(10)18(24)20(26)22(16)9-23-17-13(4)8-6-11(2)15(17)19(25)21(23)27/h5-8H,9H2,1-4H3. The van der Waals surface area contributed by atoms with E-state index in [0.717, 1.165) is 11.1 Å². The highest BCUT2D eigenvalue weighted by Crippen LogP contribution is 2.38. The fraction of sp³-hybridized carbons (Fsp3) is 0.238. The number of carbonyl (C=O) groups is 4. The Morgan fingerprint density at radius 3 is 1.30 bits per heavy atom. The molecule has 0 saturated carbocycles. The van der Waals surface area contributed by atoms with Gasteiger partial charge in [0.2, 0.25) is 0 Å². The molecule has 0 fully saturated rings. The smallest absolute Gasteiger partial charge is 0.286 e. The van der Waals surface area contributed by atoms with Crippen LogP contribution in [-0.4, -0.2) is 30.0 Å². The highest BCUT2D eigenvalue weighted by molar-refractivity contribution is 6.55. The summed E-state index contributed by atoms with van der Waals surface area (Å²) in [5.41, 5.74) is 4.76. The van der Waals surface area contributed by atoms with E-state index in [1.165, 1.54) is 9.80 Å². The van der Waals surface area contributed by atoms with E-state index in [1.807, 2.05) is 26.0 Å². The van der Waals surface area contributed by atoms with Gasteiger partial charge in [-0.3, -0.25) is 29.0 Å². The molecule has 2 amide bonds. The molecule has 2 aromatic carbocycles. The van der Waals surface area contributed by atoms with Crippen LogP contribution in [0.15, 0.2) is 24.3 Å². The van der Waals surface area contributed by atoms with Gasteiger partial charge in [-0.05, 0) is 49.9 Å². The number of amides is 2. The fourth-order valence-electron chi connectivity index (χ4n) is 3.93. The van der Waals surface area contributed by atoms with Crippen LogP contribution in [0.4, 0.5) is 11.4 Å². The SMILES string of the molecule is Cc1ccc(C)c2c1C(=O)C(=O)N2CN1C(=O)C(=O)c2c(C)ccc(C)c21. The number of ketones is 2. The van der Waals surface area contributed by atoms with Gasteiger partial charge >= 0.3 is 11.8 Å². The number of aryl methyl sites for hydroxylation is 4. The number of fused-ring (bicyclic) bond motifs is 2. The van der Waals surface area contributed by atoms with Gasteiger partial charge < -0.3 is 0 Å². The quantitative estimate of drug-likeness (QED) is 0.770. The Bertz CT molecular complexity index is 999. The number of rotatable bonds is 2. The van der Waals surface area contributed by atoms with E-state index in [-0.39, 0.29) is 6.67 Å². The van der Waals surface area contributed by atoms with Gasteiger partial charge in [-0.2, -0.15) is 0 Å². The molecule has 0 saturated heterocycles. The Hall–Kier alpha value is -3.28. The summed E-state index contributed by atoms with van der Waals surface area (Å²) in [5, 5.41) is 0. The topological polar surface area (TPSA) is 74.8 Å². The minimum Gasteiger partial charge on any atom is -0.286 e. The lowest BCUT2D eigenvalue weighted by Crippen LogP contribution is -2.43. The molecule has 6 heteroatoms. The first-order valence-electron chi connectivity index (χ1n) is 8.66. The molecule has 0 spiro atoms. The fourth-order valence-corrected chi connectivity index (χ4v) is 3.93. The van der Waals surface area contributed by atoms with Crippen molar-refractivity contribution in [2.75, 3.05) is 16.5 Å². The molecule has 27 heavy (non-hydrogen) atoms. The summed E-state index contributed by atoms with van der Waals surface area (Å²) in [5.74, 6) is -2.52. The van der Waals surface area contributed by atoms with Crippen LogP contribution >= 0.6 is 0 Å². The summed E-state index contributed by atoms with van der Waals surface area (Å²) in [7, 11) is 0. The van der Waals surface area contributed by atoms with Crippen LogP contribution in [0, 0.1) is 27.7 Å². The van der Waals surface area contributed by atoms with E-state index in [0.29, 0.717) is 33.6 Å². The molecule has 2 heterocycles. The molecule has 6 nitrogen and oxygen atoms in total. The predicted molar refractivity (Wildman–Crippen MR) is 100 cm³/mol. The molecule has 0 bridgehead atoms. The monoisotopic (exact) mass is 362 g/mol. The molecule has 0 unspecified atom stereocenters. The molecule has 0 aromatic heterocycles. The molecular formula is C21H18N2O4. The number of nitrogens with zero attached hydrogens (tertiary/aromatic N) is 2. The number of anilines is 2. The Morgan fingerprint density at radius 1 is 0.593 bits per heavy atom. The second kappa shape index (κ2) is 5.61. The third-order valence-corrected chi connectivity index (χ3v) is 5.33. The van der Waals surface area contributed by atoms with Crippen molar-refractivity contribution >= 4 is 34.8 Å². The van der Waals surface area contributed by atoms with Crippen LogP contribution in [0.25, 0.3) is 0 Å². The van der Waals surface area contributed by atoms with Crippen molar-refractivity contribution in [2.45, 2.75) is 27.7 Å². The van der Waals surface area contributed by atoms with Crippen molar-refractivity contribution in [1.82, 2.24) is 0 Å². The molecule has 4 rings (SSSR count). The van der Waals surface area contributed by atoms with Crippen molar-refractivity contribution in [2.24, 2.45) is 0 Å². The number of benzene rings is 2. The van der Waals surface area contributed by atoms with Gasteiger partial charge in [0.15, 0.2) is 0 Å². The third kappa shape index (κ3) is 2.19. The molecule has 0 N–H and O–H groups in total. The minimum absolute atomic E-state index is 0.163. The highest BCUT2D eigenvalue weighted by Gasteiger charge is 2.44. The van der Waals surface area contributed by atoms with Crippen LogP contribution in [0.5, 0.6) is 0 Å². The van der Waals surface area contributed by atoms with Gasteiger partial charge in [-0.1, -0.05) is 24.3 Å². The second-order valence-electron chi connectivity index (χ2n) is 7.11. The van der Waals surface area contributed by atoms with Crippen LogP contribution in [0.1, 0.15) is 43.0 Å². The van der Waals surface area contributed by atoms with Crippen LogP contribution < -0.4 is 9.80 Å². The Labute approximate surface area is 156 Å². The number of hydrogen-bond donors (Lipinski definition) is 0. The van der Waals surface area contributed by atoms with Gasteiger partial charge in [0.05, 0.1) is 22.5 Å². The molecule has 136 valence electrons. The molecule has 2 aliphatic heterocycles. The largest absolute Gasteiger partial charge is 0.300 e. The van der Waals surface area contributed by atoms with E-state index in [2.05, 4.69) is 0 Å². The van der Waals surface area contributed by atoms with Crippen molar-refractivity contribution in [3.05, 3.63) is 57.6 Å². The van der Waals surface area contributed by atoms with Gasteiger partial charge in [-0.25, -0.2) is 0 Å². The van der Waals surface area contributed by atoms with Crippen molar-refractivity contribution in [1.29, 1.82) is 0 Å². The van der Waals surface area contributed by atoms with E-state index < -0.39 is 23.4 Å². The maximum Gasteiger partial charge on any atom is 0.300 e. The minimum atomic E-state index is -0.679. The normalized spacial score (nSPS) is 15.7. The van der Waals surface area contributed by atoms with Gasteiger partial charge in [0, 0.05) is 0 Å². The van der Waals surface area contributed by atoms with Crippen molar-refractivity contribution in [3.8, 4) is 0 Å². The van der Waals surface area contributed by atoms with E-state index in [4.69, 9.17) is 0 Å². The number of carbonyl (C=O) groups excluding carboxylic acids is 4. The zero-order valence-corrected chi connectivity index (χ0v) is 15.5. The zero-order chi connectivity index (χ0) is 19.6. The first-order chi connectivity index (χ1) is 12.7. The summed E-state index contributed by atoms with van der Waals surface area (Å²) >= 11 is 0. The summed E-state index contributed by atoms with van der Waals surface area (Å²) in [6.45, 7) is 7.03. The average molecular weight is 362 g/mol. The first kappa shape index (κ1) is 17.1. The van der Waals surface area contributed by atoms with E-state index in [9.17, 15) is 19.2 Å². The summed E-state index contributed by atoms with van der Waals surface area (Å²) in [4.78, 5) is 52.9. The number of hydrogen-bond acceptors (Lipinski definition) is 4. The second-order valence-corrected chi connectivity index (χ2v) is 7.11.